The Hall–Kier alpha value is -5.00. The van der Waals surface area contributed by atoms with E-state index >= 15 is 0 Å². The van der Waals surface area contributed by atoms with Crippen molar-refractivity contribution in [3.63, 3.8) is 0 Å². The first-order chi connectivity index (χ1) is 34.9. The number of methoxy groups -OCH3 is 2. The first-order valence-electron chi connectivity index (χ1n) is 25.6. The molecular formula is C64H86ClN3O6Ti. The summed E-state index contributed by atoms with van der Waals surface area (Å²) in [6.45, 7) is 35.2. The van der Waals surface area contributed by atoms with Gasteiger partial charge in [0.15, 0.2) is 0 Å². The van der Waals surface area contributed by atoms with Crippen LogP contribution in [0, 0.1) is 27.7 Å². The van der Waals surface area contributed by atoms with Gasteiger partial charge in [0.25, 0.3) is 0 Å². The predicted molar refractivity (Wildman–Crippen MR) is 311 cm³/mol. The van der Waals surface area contributed by atoms with E-state index in [2.05, 4.69) is 108 Å². The van der Waals surface area contributed by atoms with E-state index < -0.39 is 0 Å². The molecule has 0 aromatic heterocycles. The molecule has 0 aliphatic heterocycles. The van der Waals surface area contributed by atoms with Gasteiger partial charge in [-0.15, -0.1) is 0 Å². The van der Waals surface area contributed by atoms with Crippen molar-refractivity contribution in [1.82, 2.24) is 0 Å². The SMILES string of the molecule is COCCN(c1ccccc1-c1cc(C)cc(C(C)(C)C)c1[O-])c1cc(C)cc(C(C)(C)C)c1O.COCCN(c1ccccc1-c1cc(C)cc(C(C)(C)C)c1[O-])c1cc(C)cc(C(C)(C)C)c1O.C[N-]C.[Cl][Ti+3]. The number of rotatable bonds is 12. The fraction of sp³-hybridized carbons (Fsp3) is 0.438. The maximum atomic E-state index is 13.7. The van der Waals surface area contributed by atoms with E-state index in [9.17, 15) is 20.4 Å². The molecule has 0 unspecified atom stereocenters. The average Bonchev–Trinajstić information content (AvgIpc) is 3.32. The molecular weight excluding hydrogens is 990 g/mol. The summed E-state index contributed by atoms with van der Waals surface area (Å²) >= 11 is 1.47. The Morgan fingerprint density at radius 2 is 0.720 bits per heavy atom. The number of hydrogen-bond acceptors (Lipinski definition) is 8. The second kappa shape index (κ2) is 27.4. The maximum absolute atomic E-state index is 13.7. The third-order valence-electron chi connectivity index (χ3n) is 12.8. The van der Waals surface area contributed by atoms with Crippen LogP contribution in [0.25, 0.3) is 27.6 Å². The molecule has 404 valence electrons. The van der Waals surface area contributed by atoms with Crippen molar-refractivity contribution >= 4 is 32.1 Å². The van der Waals surface area contributed by atoms with Crippen LogP contribution in [0.3, 0.4) is 0 Å². The second-order valence-corrected chi connectivity index (χ2v) is 23.5. The number of hydrogen-bond donors (Lipinski definition) is 2. The number of phenols is 2. The summed E-state index contributed by atoms with van der Waals surface area (Å²) in [6.07, 6.45) is 0. The number of halogens is 1. The summed E-state index contributed by atoms with van der Waals surface area (Å²) < 4.78 is 10.9. The Kier molecular flexibility index (Phi) is 23.5. The molecule has 0 spiro atoms. The van der Waals surface area contributed by atoms with E-state index in [1.54, 1.807) is 28.3 Å². The molecule has 9 nitrogen and oxygen atoms in total. The summed E-state index contributed by atoms with van der Waals surface area (Å²) in [5.41, 5.74) is 12.9. The van der Waals surface area contributed by atoms with E-state index in [4.69, 9.17) is 9.47 Å². The Morgan fingerprint density at radius 3 is 1.00 bits per heavy atom. The van der Waals surface area contributed by atoms with Crippen molar-refractivity contribution in [1.29, 1.82) is 0 Å². The third kappa shape index (κ3) is 16.5. The molecule has 0 aliphatic carbocycles. The van der Waals surface area contributed by atoms with Gasteiger partial charge in [-0.3, -0.25) is 0 Å². The van der Waals surface area contributed by atoms with Gasteiger partial charge in [-0.2, -0.15) is 14.1 Å². The molecule has 75 heavy (non-hydrogen) atoms. The molecule has 0 amide bonds. The molecule has 0 saturated heterocycles. The minimum absolute atomic E-state index is 0.0473. The molecule has 6 rings (SSSR count). The topological polar surface area (TPSA) is 126 Å². The number of para-hydroxylation sites is 2. The van der Waals surface area contributed by atoms with Crippen LogP contribution in [0.5, 0.6) is 23.0 Å². The molecule has 0 fully saturated rings. The molecule has 6 aromatic carbocycles. The Labute approximate surface area is 467 Å². The standard InChI is InChI=1S/2C31H41NO3.C2H6N.ClH.Ti/c2*1-20-16-23(28(33)24(17-20)30(3,4)5)22-12-10-11-13-26(22)32(14-15-35-9)27-19-21(2)18-25(29(27)34)31(6,7)8;1-3-2;;/h2*10-13,16-19,33-34H,14-15H2,1-9H3;1-2H3;1H;/q;;-1;;+4/p-3. The zero-order valence-electron chi connectivity index (χ0n) is 48.8. The van der Waals surface area contributed by atoms with Gasteiger partial charge < -0.3 is 45.0 Å². The average molecular weight is 1080 g/mol. The second-order valence-electron chi connectivity index (χ2n) is 23.5. The van der Waals surface area contributed by atoms with E-state index in [1.807, 2.05) is 125 Å². The number of ether oxygens (including phenoxy) is 2. The van der Waals surface area contributed by atoms with Crippen LogP contribution in [0.1, 0.15) is 128 Å². The quantitative estimate of drug-likeness (QED) is 0.116. The first-order valence-corrected chi connectivity index (χ1v) is 27.8. The predicted octanol–water partition coefficient (Wildman–Crippen LogP) is 15.6. The normalized spacial score (nSPS) is 11.7. The summed E-state index contributed by atoms with van der Waals surface area (Å²) in [4.78, 5) is 4.16. The Balaban J connectivity index is 0.000000364. The number of aromatic hydroxyl groups is 2. The van der Waals surface area contributed by atoms with Crippen molar-refractivity contribution in [2.24, 2.45) is 0 Å². The number of phenolic OH excluding ortho intramolecular Hbond substituents is 2. The van der Waals surface area contributed by atoms with Crippen LogP contribution in [0.15, 0.2) is 97.1 Å². The third-order valence-corrected chi connectivity index (χ3v) is 12.8. The molecule has 11 heteroatoms. The zero-order valence-corrected chi connectivity index (χ0v) is 51.1. The zero-order chi connectivity index (χ0) is 57.0. The van der Waals surface area contributed by atoms with Crippen LogP contribution in [-0.2, 0) is 50.5 Å². The van der Waals surface area contributed by atoms with Gasteiger partial charge >= 0.3 is 28.7 Å². The van der Waals surface area contributed by atoms with E-state index in [0.29, 0.717) is 37.4 Å². The van der Waals surface area contributed by atoms with E-state index in [-0.39, 0.29) is 44.7 Å². The number of nitrogens with zero attached hydrogens (tertiary/aromatic N) is 3. The number of anilines is 4. The minimum atomic E-state index is -0.265. The monoisotopic (exact) mass is 1080 g/mol. The van der Waals surface area contributed by atoms with E-state index in [1.165, 1.54) is 19.4 Å². The van der Waals surface area contributed by atoms with Gasteiger partial charge in [0.1, 0.15) is 11.5 Å². The number of benzene rings is 6. The Morgan fingerprint density at radius 1 is 0.453 bits per heavy atom. The Bertz CT molecular complexity index is 2630. The molecule has 0 radical (unpaired) electrons. The fourth-order valence-electron chi connectivity index (χ4n) is 9.12. The van der Waals surface area contributed by atoms with Gasteiger partial charge in [-0.05, 0) is 107 Å². The molecule has 0 bridgehead atoms. The van der Waals surface area contributed by atoms with Crippen LogP contribution < -0.4 is 20.0 Å². The molecule has 0 aliphatic rings. The molecule has 2 N–H and O–H groups in total. The van der Waals surface area contributed by atoms with Crippen LogP contribution >= 0.6 is 9.30 Å². The van der Waals surface area contributed by atoms with Gasteiger partial charge in [-0.25, -0.2) is 0 Å². The summed E-state index contributed by atoms with van der Waals surface area (Å²) in [7, 11) is 11.5. The molecule has 6 aromatic rings. The van der Waals surface area contributed by atoms with Gasteiger partial charge in [-0.1, -0.05) is 179 Å². The van der Waals surface area contributed by atoms with Crippen molar-refractivity contribution in [2.75, 3.05) is 64.4 Å². The fourth-order valence-corrected chi connectivity index (χ4v) is 9.12. The van der Waals surface area contributed by atoms with Crippen LogP contribution in [0.2, 0.25) is 0 Å². The van der Waals surface area contributed by atoms with Gasteiger partial charge in [0.2, 0.25) is 0 Å². The summed E-state index contributed by atoms with van der Waals surface area (Å²) in [5.74, 6) is 0.615. The van der Waals surface area contributed by atoms with Crippen LogP contribution in [0.4, 0.5) is 22.7 Å². The van der Waals surface area contributed by atoms with Crippen LogP contribution in [-0.4, -0.2) is 64.8 Å². The van der Waals surface area contributed by atoms with Crippen molar-refractivity contribution in [3.8, 4) is 45.3 Å². The van der Waals surface area contributed by atoms with Crippen molar-refractivity contribution in [3.05, 3.63) is 147 Å². The molecule has 0 heterocycles. The number of aryl methyl sites for hydroxylation is 4. The van der Waals surface area contributed by atoms with Gasteiger partial charge in [0.05, 0.1) is 24.6 Å². The first kappa shape index (κ1) is 64.3. The van der Waals surface area contributed by atoms with Crippen molar-refractivity contribution < 1.29 is 49.3 Å². The van der Waals surface area contributed by atoms with Crippen molar-refractivity contribution in [2.45, 2.75) is 132 Å². The van der Waals surface area contributed by atoms with E-state index in [0.717, 1.165) is 78.4 Å². The molecule has 0 atom stereocenters. The summed E-state index contributed by atoms with van der Waals surface area (Å²) in [6, 6.07) is 31.9. The van der Waals surface area contributed by atoms with Gasteiger partial charge in [0, 0.05) is 60.9 Å². The molecule has 0 saturated carbocycles. The summed E-state index contributed by atoms with van der Waals surface area (Å²) in [5, 5.41) is 53.8.